The van der Waals surface area contributed by atoms with Crippen LogP contribution in [0.4, 0.5) is 10.5 Å². The predicted octanol–water partition coefficient (Wildman–Crippen LogP) is 2.15. The summed E-state index contributed by atoms with van der Waals surface area (Å²) < 4.78 is 10.4. The van der Waals surface area contributed by atoms with Gasteiger partial charge in [-0.25, -0.2) is 9.59 Å². The van der Waals surface area contributed by atoms with Crippen molar-refractivity contribution in [3.8, 4) is 0 Å². The molecule has 0 saturated carbocycles. The van der Waals surface area contributed by atoms with Gasteiger partial charge in [-0.2, -0.15) is 0 Å². The number of fused-ring (bicyclic) bond motifs is 1. The van der Waals surface area contributed by atoms with E-state index in [0.717, 1.165) is 0 Å². The summed E-state index contributed by atoms with van der Waals surface area (Å²) in [6, 6.07) is 5.64. The van der Waals surface area contributed by atoms with Crippen molar-refractivity contribution in [1.29, 1.82) is 0 Å². The van der Waals surface area contributed by atoms with Crippen molar-refractivity contribution < 1.29 is 28.8 Å². The Bertz CT molecular complexity index is 871. The molecule has 3 atom stereocenters. The largest absolute Gasteiger partial charge is 0.456 e. The molecule has 11 heteroatoms. The smallest absolute Gasteiger partial charge is 0.407 e. The summed E-state index contributed by atoms with van der Waals surface area (Å²) in [7, 11) is 0. The number of esters is 1. The molecule has 3 rings (SSSR count). The Kier molecular flexibility index (Phi) is 6.06. The standard InChI is InChI=1S/C18H19N3O7S/c1-3-19-18(24)28-10(2)14-15(22)20-13(9-29-16(14)20)17(23)27-8-11-4-6-12(7-5-11)21(25)26/h4-7,9-10,14,16H,3,8H2,1-2H3,(H,19,24)/t10-,14+,16+/m1/s1. The van der Waals surface area contributed by atoms with Gasteiger partial charge in [-0.1, -0.05) is 0 Å². The Balaban J connectivity index is 1.54. The molecule has 1 saturated heterocycles. The van der Waals surface area contributed by atoms with Crippen LogP contribution in [0.5, 0.6) is 0 Å². The maximum atomic E-state index is 12.5. The molecule has 2 aliphatic heterocycles. The third-order valence-electron chi connectivity index (χ3n) is 4.51. The number of nitro benzene ring substituents is 1. The van der Waals surface area contributed by atoms with Crippen molar-refractivity contribution >= 4 is 35.4 Å². The van der Waals surface area contributed by atoms with Gasteiger partial charge in [0.15, 0.2) is 0 Å². The van der Waals surface area contributed by atoms with Gasteiger partial charge in [-0.15, -0.1) is 11.8 Å². The Morgan fingerprint density at radius 3 is 2.66 bits per heavy atom. The van der Waals surface area contributed by atoms with E-state index in [1.54, 1.807) is 19.3 Å². The minimum Gasteiger partial charge on any atom is -0.456 e. The topological polar surface area (TPSA) is 128 Å². The van der Waals surface area contributed by atoms with Crippen LogP contribution >= 0.6 is 11.8 Å². The number of benzene rings is 1. The monoisotopic (exact) mass is 421 g/mol. The molecule has 0 aromatic heterocycles. The number of carbonyl (C=O) groups excluding carboxylic acids is 3. The van der Waals surface area contributed by atoms with Crippen molar-refractivity contribution in [3.63, 3.8) is 0 Å². The van der Waals surface area contributed by atoms with Gasteiger partial charge in [0.05, 0.1) is 4.92 Å². The Labute approximate surface area is 170 Å². The highest BCUT2D eigenvalue weighted by molar-refractivity contribution is 8.03. The average molecular weight is 421 g/mol. The molecule has 2 aliphatic rings. The molecule has 154 valence electrons. The number of nitro groups is 1. The fraction of sp³-hybridized carbons (Fsp3) is 0.389. The minimum atomic E-state index is -0.664. The first-order valence-electron chi connectivity index (χ1n) is 8.87. The molecule has 0 bridgehead atoms. The maximum absolute atomic E-state index is 12.5. The average Bonchev–Trinajstić information content (AvgIpc) is 3.05. The zero-order valence-corrected chi connectivity index (χ0v) is 16.5. The van der Waals surface area contributed by atoms with Gasteiger partial charge in [-0.05, 0) is 31.5 Å². The lowest BCUT2D eigenvalue weighted by Crippen LogP contribution is -2.61. The third kappa shape index (κ3) is 4.19. The fourth-order valence-electron chi connectivity index (χ4n) is 3.02. The van der Waals surface area contributed by atoms with E-state index in [9.17, 15) is 24.5 Å². The van der Waals surface area contributed by atoms with E-state index in [4.69, 9.17) is 9.47 Å². The first-order chi connectivity index (χ1) is 13.8. The predicted molar refractivity (Wildman–Crippen MR) is 102 cm³/mol. The number of alkyl carbamates (subject to hydrolysis) is 1. The SMILES string of the molecule is CCNC(=O)O[C@H](C)[C@H]1C(=O)N2C(C(=O)OCc3ccc([N+](=O)[O-])cc3)=CS[C@@H]12. The van der Waals surface area contributed by atoms with Crippen LogP contribution in [0.15, 0.2) is 35.4 Å². The van der Waals surface area contributed by atoms with Crippen LogP contribution in [0, 0.1) is 16.0 Å². The number of hydrogen-bond donors (Lipinski definition) is 1. The molecule has 0 radical (unpaired) electrons. The summed E-state index contributed by atoms with van der Waals surface area (Å²) in [4.78, 5) is 47.9. The second-order valence-corrected chi connectivity index (χ2v) is 7.40. The van der Waals surface area contributed by atoms with Gasteiger partial charge in [0.25, 0.3) is 5.69 Å². The van der Waals surface area contributed by atoms with Crippen molar-refractivity contribution in [2.75, 3.05) is 6.54 Å². The van der Waals surface area contributed by atoms with Crippen molar-refractivity contribution in [2.24, 2.45) is 5.92 Å². The van der Waals surface area contributed by atoms with E-state index in [2.05, 4.69) is 5.32 Å². The molecule has 1 aromatic rings. The molecule has 2 heterocycles. The second kappa shape index (κ2) is 8.52. The first-order valence-corrected chi connectivity index (χ1v) is 9.81. The van der Waals surface area contributed by atoms with E-state index >= 15 is 0 Å². The molecular weight excluding hydrogens is 402 g/mol. The molecular formula is C18H19N3O7S. The van der Waals surface area contributed by atoms with Crippen LogP contribution in [0.2, 0.25) is 0 Å². The van der Waals surface area contributed by atoms with Gasteiger partial charge in [0.1, 0.15) is 29.7 Å². The summed E-state index contributed by atoms with van der Waals surface area (Å²) in [5.74, 6) is -1.52. The number of nitrogens with zero attached hydrogens (tertiary/aromatic N) is 2. The zero-order valence-electron chi connectivity index (χ0n) is 15.7. The Hall–Kier alpha value is -3.08. The number of β-lactam (4-membered cyclic amide) rings is 1. The molecule has 0 unspecified atom stereocenters. The van der Waals surface area contributed by atoms with Crippen LogP contribution < -0.4 is 5.32 Å². The number of carbonyl (C=O) groups is 3. The Morgan fingerprint density at radius 1 is 1.34 bits per heavy atom. The van der Waals surface area contributed by atoms with E-state index in [0.29, 0.717) is 12.1 Å². The zero-order chi connectivity index (χ0) is 21.1. The van der Waals surface area contributed by atoms with Crippen LogP contribution in [0.3, 0.4) is 0 Å². The van der Waals surface area contributed by atoms with E-state index in [1.165, 1.54) is 40.9 Å². The summed E-state index contributed by atoms with van der Waals surface area (Å²) in [5, 5.41) is 14.4. The highest BCUT2D eigenvalue weighted by Crippen LogP contribution is 2.46. The number of amides is 2. The lowest BCUT2D eigenvalue weighted by atomic mass is 9.92. The normalized spacial score (nSPS) is 20.8. The minimum absolute atomic E-state index is 0.0565. The summed E-state index contributed by atoms with van der Waals surface area (Å²) in [6.45, 7) is 3.74. The highest BCUT2D eigenvalue weighted by Gasteiger charge is 2.56. The first kappa shape index (κ1) is 20.6. The summed E-state index contributed by atoms with van der Waals surface area (Å²) >= 11 is 1.29. The number of thioether (sulfide) groups is 1. The van der Waals surface area contributed by atoms with Gasteiger partial charge in [0, 0.05) is 24.1 Å². The molecule has 29 heavy (non-hydrogen) atoms. The summed E-state index contributed by atoms with van der Waals surface area (Å²) in [5.41, 5.74) is 0.663. The van der Waals surface area contributed by atoms with Gasteiger partial charge in [-0.3, -0.25) is 19.8 Å². The second-order valence-electron chi connectivity index (χ2n) is 6.40. The third-order valence-corrected chi connectivity index (χ3v) is 5.65. The van der Waals surface area contributed by atoms with E-state index in [1.807, 2.05) is 0 Å². The van der Waals surface area contributed by atoms with Crippen molar-refractivity contribution in [2.45, 2.75) is 31.9 Å². The van der Waals surface area contributed by atoms with Crippen LogP contribution in [0.1, 0.15) is 19.4 Å². The van der Waals surface area contributed by atoms with Crippen molar-refractivity contribution in [1.82, 2.24) is 10.2 Å². The van der Waals surface area contributed by atoms with Crippen molar-refractivity contribution in [3.05, 3.63) is 51.0 Å². The highest BCUT2D eigenvalue weighted by atomic mass is 32.2. The molecule has 1 N–H and O–H groups in total. The van der Waals surface area contributed by atoms with Gasteiger partial charge >= 0.3 is 12.1 Å². The number of non-ortho nitro benzene ring substituents is 1. The molecule has 1 fully saturated rings. The number of nitrogens with one attached hydrogen (secondary N) is 1. The van der Waals surface area contributed by atoms with Crippen LogP contribution in [-0.4, -0.2) is 45.8 Å². The molecule has 10 nitrogen and oxygen atoms in total. The van der Waals surface area contributed by atoms with Gasteiger partial charge < -0.3 is 14.8 Å². The number of rotatable bonds is 7. The van der Waals surface area contributed by atoms with Crippen LogP contribution in [0.25, 0.3) is 0 Å². The molecule has 0 aliphatic carbocycles. The van der Waals surface area contributed by atoms with E-state index in [-0.39, 0.29) is 29.3 Å². The quantitative estimate of drug-likeness (QED) is 0.307. The van der Waals surface area contributed by atoms with Gasteiger partial charge in [0.2, 0.25) is 5.91 Å². The molecule has 2 amide bonds. The Morgan fingerprint density at radius 2 is 2.03 bits per heavy atom. The fourth-order valence-corrected chi connectivity index (χ4v) is 4.35. The molecule has 0 spiro atoms. The van der Waals surface area contributed by atoms with E-state index < -0.39 is 29.0 Å². The lowest BCUT2D eigenvalue weighted by Gasteiger charge is -2.44. The number of ether oxygens (including phenoxy) is 2. The summed E-state index contributed by atoms with van der Waals surface area (Å²) in [6.07, 6.45) is -1.23. The maximum Gasteiger partial charge on any atom is 0.407 e. The van der Waals surface area contributed by atoms with Crippen LogP contribution in [-0.2, 0) is 25.7 Å². The number of hydrogen-bond acceptors (Lipinski definition) is 8. The lowest BCUT2D eigenvalue weighted by molar-refractivity contribution is -0.384. The molecule has 1 aromatic carbocycles.